The molecule has 140 valence electrons. The van der Waals surface area contributed by atoms with Crippen molar-refractivity contribution in [3.8, 4) is 0 Å². The number of fused-ring (bicyclic) bond motifs is 1. The van der Waals surface area contributed by atoms with Crippen molar-refractivity contribution in [2.24, 2.45) is 11.1 Å². The van der Waals surface area contributed by atoms with Gasteiger partial charge in [0.25, 0.3) is 0 Å². The van der Waals surface area contributed by atoms with Crippen molar-refractivity contribution >= 4 is 22.6 Å². The molecule has 1 aliphatic rings. The second-order valence-corrected chi connectivity index (χ2v) is 8.00. The number of nitrogens with two attached hydrogens (primary N) is 1. The minimum atomic E-state index is -0.782. The lowest BCUT2D eigenvalue weighted by molar-refractivity contribution is -0.135. The largest absolute Gasteiger partial charge is 0.391 e. The van der Waals surface area contributed by atoms with Gasteiger partial charge in [0.2, 0.25) is 5.91 Å². The third-order valence-electron chi connectivity index (χ3n) is 4.97. The lowest BCUT2D eigenvalue weighted by Crippen LogP contribution is -2.53. The molecule has 0 spiro atoms. The number of rotatable bonds is 3. The first-order valence-electron chi connectivity index (χ1n) is 8.64. The minimum Gasteiger partial charge on any atom is -0.391 e. The normalized spacial score (nSPS) is 22.0. The van der Waals surface area contributed by atoms with E-state index in [4.69, 9.17) is 5.73 Å². The summed E-state index contributed by atoms with van der Waals surface area (Å²) in [5, 5.41) is 10.6. The Morgan fingerprint density at radius 2 is 2.08 bits per heavy atom. The maximum Gasteiger partial charge on any atom is 0.240 e. The van der Waals surface area contributed by atoms with Gasteiger partial charge in [0.1, 0.15) is 5.82 Å². The fourth-order valence-corrected chi connectivity index (χ4v) is 3.34. The third-order valence-corrected chi connectivity index (χ3v) is 4.97. The van der Waals surface area contributed by atoms with E-state index in [2.05, 4.69) is 4.98 Å². The zero-order valence-corrected chi connectivity index (χ0v) is 15.1. The van der Waals surface area contributed by atoms with Crippen molar-refractivity contribution in [1.29, 1.82) is 0 Å². The van der Waals surface area contributed by atoms with Crippen LogP contribution in [0.5, 0.6) is 0 Å². The molecule has 3 atom stereocenters. The molecule has 6 nitrogen and oxygen atoms in total. The van der Waals surface area contributed by atoms with Gasteiger partial charge in [-0.3, -0.25) is 9.59 Å². The lowest BCUT2D eigenvalue weighted by atomic mass is 9.86. The predicted octanol–water partition coefficient (Wildman–Crippen LogP) is 1.82. The summed E-state index contributed by atoms with van der Waals surface area (Å²) in [5.41, 5.74) is 6.50. The Balaban J connectivity index is 1.92. The van der Waals surface area contributed by atoms with E-state index >= 15 is 0 Å². The second kappa shape index (κ2) is 6.48. The predicted molar refractivity (Wildman–Crippen MR) is 96.1 cm³/mol. The molecule has 1 saturated heterocycles. The van der Waals surface area contributed by atoms with E-state index < -0.39 is 29.4 Å². The van der Waals surface area contributed by atoms with E-state index in [9.17, 15) is 19.1 Å². The Kier molecular flexibility index (Phi) is 4.62. The highest BCUT2D eigenvalue weighted by Gasteiger charge is 2.43. The van der Waals surface area contributed by atoms with Gasteiger partial charge in [0.05, 0.1) is 18.2 Å². The van der Waals surface area contributed by atoms with Crippen LogP contribution in [0.25, 0.3) is 10.9 Å². The van der Waals surface area contributed by atoms with E-state index in [1.54, 1.807) is 0 Å². The van der Waals surface area contributed by atoms with Crippen molar-refractivity contribution in [2.75, 3.05) is 6.54 Å². The van der Waals surface area contributed by atoms with Crippen LogP contribution < -0.4 is 5.73 Å². The summed E-state index contributed by atoms with van der Waals surface area (Å²) in [4.78, 5) is 30.2. The molecule has 1 aromatic carbocycles. The number of carbonyl (C=O) groups excluding carboxylic acids is 2. The van der Waals surface area contributed by atoms with Crippen molar-refractivity contribution in [3.63, 3.8) is 0 Å². The fourth-order valence-electron chi connectivity index (χ4n) is 3.34. The van der Waals surface area contributed by atoms with E-state index in [1.165, 1.54) is 29.3 Å². The van der Waals surface area contributed by atoms with Crippen LogP contribution in [0.15, 0.2) is 24.4 Å². The monoisotopic (exact) mass is 361 g/mol. The Bertz CT molecular complexity index is 855. The van der Waals surface area contributed by atoms with Crippen molar-refractivity contribution in [2.45, 2.75) is 45.4 Å². The smallest absolute Gasteiger partial charge is 0.240 e. The molecule has 1 unspecified atom stereocenters. The van der Waals surface area contributed by atoms with Crippen LogP contribution in [0.4, 0.5) is 4.39 Å². The summed E-state index contributed by atoms with van der Waals surface area (Å²) in [5.74, 6) is -1.03. The van der Waals surface area contributed by atoms with Gasteiger partial charge in [0, 0.05) is 35.6 Å². The van der Waals surface area contributed by atoms with Gasteiger partial charge >= 0.3 is 0 Å². The number of benzene rings is 1. The molecule has 0 saturated carbocycles. The van der Waals surface area contributed by atoms with E-state index in [1.807, 2.05) is 20.8 Å². The number of hydrogen-bond acceptors (Lipinski definition) is 4. The molecule has 7 heteroatoms. The van der Waals surface area contributed by atoms with Gasteiger partial charge in [0.15, 0.2) is 5.78 Å². The summed E-state index contributed by atoms with van der Waals surface area (Å²) in [6.45, 7) is 5.64. The van der Waals surface area contributed by atoms with Crippen molar-refractivity contribution in [1.82, 2.24) is 9.88 Å². The summed E-state index contributed by atoms with van der Waals surface area (Å²) < 4.78 is 13.4. The average Bonchev–Trinajstić information content (AvgIpc) is 3.15. The number of hydrogen-bond donors (Lipinski definition) is 3. The number of nitrogens with zero attached hydrogens (tertiary/aromatic N) is 1. The van der Waals surface area contributed by atoms with Gasteiger partial charge in [-0.2, -0.15) is 0 Å². The molecule has 1 aliphatic heterocycles. The summed E-state index contributed by atoms with van der Waals surface area (Å²) in [7, 11) is 0. The van der Waals surface area contributed by atoms with Gasteiger partial charge in [-0.1, -0.05) is 20.8 Å². The van der Waals surface area contributed by atoms with E-state index in [-0.39, 0.29) is 24.7 Å². The summed E-state index contributed by atoms with van der Waals surface area (Å²) >= 11 is 0. The van der Waals surface area contributed by atoms with E-state index in [0.717, 1.165) is 0 Å². The van der Waals surface area contributed by atoms with Crippen LogP contribution in [0, 0.1) is 11.2 Å². The van der Waals surface area contributed by atoms with Crippen LogP contribution >= 0.6 is 0 Å². The molecule has 0 bridgehead atoms. The van der Waals surface area contributed by atoms with E-state index in [0.29, 0.717) is 16.5 Å². The Labute approximate surface area is 151 Å². The van der Waals surface area contributed by atoms with Crippen LogP contribution in [0.3, 0.4) is 0 Å². The van der Waals surface area contributed by atoms with Crippen molar-refractivity contribution < 1.29 is 19.1 Å². The zero-order valence-electron chi connectivity index (χ0n) is 15.1. The Hall–Kier alpha value is -2.25. The van der Waals surface area contributed by atoms with Gasteiger partial charge in [-0.25, -0.2) is 4.39 Å². The van der Waals surface area contributed by atoms with Gasteiger partial charge in [-0.05, 0) is 23.6 Å². The van der Waals surface area contributed by atoms with Gasteiger partial charge < -0.3 is 20.7 Å². The first kappa shape index (κ1) is 18.5. The Morgan fingerprint density at radius 1 is 1.38 bits per heavy atom. The van der Waals surface area contributed by atoms with Crippen LogP contribution in [-0.4, -0.2) is 51.4 Å². The number of β-amino-alcohol motifs (C(OH)–C–C–N with tert-alkyl or cyclic N) is 1. The quantitative estimate of drug-likeness (QED) is 0.726. The number of aliphatic hydroxyl groups is 1. The zero-order chi connectivity index (χ0) is 19.2. The SMILES string of the molecule is CC(C)(C)[C@H](N)C(=O)N1CC(O)C[C@H]1C(=O)c1c[nH]c2cc(F)ccc12. The number of aromatic amines is 1. The molecule has 1 fully saturated rings. The summed E-state index contributed by atoms with van der Waals surface area (Å²) in [6.07, 6.45) is 0.904. The minimum absolute atomic E-state index is 0.0794. The molecule has 0 radical (unpaired) electrons. The standard InChI is InChI=1S/C19H24FN3O3/c1-19(2,3)17(21)18(26)23-9-11(24)7-15(23)16(25)13-8-22-14-6-10(20)4-5-12(13)14/h4-6,8,11,15,17,22,24H,7,9,21H2,1-3H3/t11?,15-,17+/m0/s1. The van der Waals surface area contributed by atoms with Gasteiger partial charge in [-0.15, -0.1) is 0 Å². The maximum absolute atomic E-state index is 13.4. The molecule has 0 aliphatic carbocycles. The molecule has 1 amide bonds. The highest BCUT2D eigenvalue weighted by molar-refractivity contribution is 6.11. The number of carbonyl (C=O) groups is 2. The number of nitrogens with one attached hydrogen (secondary N) is 1. The Morgan fingerprint density at radius 3 is 2.73 bits per heavy atom. The number of H-pyrrole nitrogens is 1. The van der Waals surface area contributed by atoms with Crippen LogP contribution in [-0.2, 0) is 4.79 Å². The number of amides is 1. The highest BCUT2D eigenvalue weighted by Crippen LogP contribution is 2.29. The first-order valence-corrected chi connectivity index (χ1v) is 8.64. The number of ketones is 1. The number of Topliss-reactive ketones (excluding diaryl/α,β-unsaturated/α-hetero) is 1. The molecule has 4 N–H and O–H groups in total. The third kappa shape index (κ3) is 3.24. The molecule has 26 heavy (non-hydrogen) atoms. The van der Waals surface area contributed by atoms with Crippen molar-refractivity contribution in [3.05, 3.63) is 35.8 Å². The first-order chi connectivity index (χ1) is 12.1. The average molecular weight is 361 g/mol. The fraction of sp³-hybridized carbons (Fsp3) is 0.474. The van der Waals surface area contributed by atoms with Crippen LogP contribution in [0.1, 0.15) is 37.6 Å². The molecule has 2 heterocycles. The number of halogens is 1. The molecule has 1 aromatic heterocycles. The van der Waals surface area contributed by atoms with Crippen LogP contribution in [0.2, 0.25) is 0 Å². The highest BCUT2D eigenvalue weighted by atomic mass is 19.1. The number of aromatic nitrogens is 1. The summed E-state index contributed by atoms with van der Waals surface area (Å²) in [6, 6.07) is 2.57. The number of aliphatic hydroxyl groups excluding tert-OH is 1. The molecule has 3 rings (SSSR count). The lowest BCUT2D eigenvalue weighted by Gasteiger charge is -2.32. The molecule has 2 aromatic rings. The topological polar surface area (TPSA) is 99.4 Å². The molecular weight excluding hydrogens is 337 g/mol. The second-order valence-electron chi connectivity index (χ2n) is 8.00. The molecular formula is C19H24FN3O3. The number of likely N-dealkylation sites (tertiary alicyclic amines) is 1. The maximum atomic E-state index is 13.4.